The Morgan fingerprint density at radius 1 is 1.07 bits per heavy atom. The zero-order valence-corrected chi connectivity index (χ0v) is 17.5. The van der Waals surface area contributed by atoms with Crippen molar-refractivity contribution in [2.75, 3.05) is 7.11 Å². The van der Waals surface area contributed by atoms with Gasteiger partial charge in [0.1, 0.15) is 12.4 Å². The van der Waals surface area contributed by atoms with Crippen molar-refractivity contribution >= 4 is 5.91 Å². The topological polar surface area (TPSA) is 73.6 Å². The molecule has 0 spiro atoms. The summed E-state index contributed by atoms with van der Waals surface area (Å²) in [6, 6.07) is 11.3. The second-order valence-electron chi connectivity index (χ2n) is 7.07. The number of nitrogens with zero attached hydrogens (tertiary/aromatic N) is 1. The molecular formula is C23H26N2O4. The number of methoxy groups -OCH3 is 1. The third kappa shape index (κ3) is 4.77. The third-order valence-electron chi connectivity index (χ3n) is 4.92. The summed E-state index contributed by atoms with van der Waals surface area (Å²) < 4.78 is 16.4. The van der Waals surface area contributed by atoms with Crippen molar-refractivity contribution in [1.29, 1.82) is 0 Å². The number of carbonyl (C=O) groups excluding carboxylic acids is 1. The SMILES string of the molecule is COc1cc(C(=O)NCc2ccc(C)cc2C)ccc1OCc1c(C)noc1C. The number of aryl methyl sites for hydroxylation is 4. The van der Waals surface area contributed by atoms with Crippen LogP contribution in [0.15, 0.2) is 40.9 Å². The number of benzene rings is 2. The molecule has 1 N–H and O–H groups in total. The van der Waals surface area contributed by atoms with Crippen molar-refractivity contribution in [3.05, 3.63) is 75.7 Å². The van der Waals surface area contributed by atoms with E-state index in [4.69, 9.17) is 14.0 Å². The molecular weight excluding hydrogens is 368 g/mol. The van der Waals surface area contributed by atoms with Gasteiger partial charge in [-0.15, -0.1) is 0 Å². The third-order valence-corrected chi connectivity index (χ3v) is 4.92. The molecule has 1 aromatic heterocycles. The largest absolute Gasteiger partial charge is 0.493 e. The van der Waals surface area contributed by atoms with Gasteiger partial charge >= 0.3 is 0 Å². The lowest BCUT2D eigenvalue weighted by atomic mass is 10.1. The van der Waals surface area contributed by atoms with E-state index >= 15 is 0 Å². The van der Waals surface area contributed by atoms with Crippen molar-refractivity contribution in [2.24, 2.45) is 0 Å². The molecule has 0 radical (unpaired) electrons. The molecule has 0 aliphatic carbocycles. The molecule has 3 rings (SSSR count). The highest BCUT2D eigenvalue weighted by Crippen LogP contribution is 2.29. The van der Waals surface area contributed by atoms with E-state index in [1.807, 2.05) is 32.9 Å². The molecule has 6 nitrogen and oxygen atoms in total. The molecule has 0 unspecified atom stereocenters. The van der Waals surface area contributed by atoms with Crippen molar-refractivity contribution in [3.63, 3.8) is 0 Å². The van der Waals surface area contributed by atoms with Crippen LogP contribution < -0.4 is 14.8 Å². The maximum atomic E-state index is 12.6. The lowest BCUT2D eigenvalue weighted by Gasteiger charge is -2.13. The zero-order chi connectivity index (χ0) is 21.0. The number of nitrogens with one attached hydrogen (secondary N) is 1. The monoisotopic (exact) mass is 394 g/mol. The van der Waals surface area contributed by atoms with E-state index in [9.17, 15) is 4.79 Å². The molecule has 0 bridgehead atoms. The van der Waals surface area contributed by atoms with E-state index in [0.29, 0.717) is 30.2 Å². The lowest BCUT2D eigenvalue weighted by Crippen LogP contribution is -2.23. The van der Waals surface area contributed by atoms with E-state index in [0.717, 1.165) is 28.1 Å². The minimum atomic E-state index is -0.166. The van der Waals surface area contributed by atoms with E-state index in [1.165, 1.54) is 5.56 Å². The summed E-state index contributed by atoms with van der Waals surface area (Å²) in [7, 11) is 1.55. The number of amides is 1. The fraction of sp³-hybridized carbons (Fsp3) is 0.304. The van der Waals surface area contributed by atoms with Crippen LogP contribution >= 0.6 is 0 Å². The van der Waals surface area contributed by atoms with E-state index < -0.39 is 0 Å². The van der Waals surface area contributed by atoms with Crippen LogP contribution in [0.3, 0.4) is 0 Å². The second kappa shape index (κ2) is 8.82. The molecule has 0 saturated heterocycles. The van der Waals surface area contributed by atoms with Gasteiger partial charge in [0.15, 0.2) is 11.5 Å². The maximum absolute atomic E-state index is 12.6. The van der Waals surface area contributed by atoms with Gasteiger partial charge in [0.2, 0.25) is 0 Å². The number of rotatable bonds is 7. The van der Waals surface area contributed by atoms with E-state index in [1.54, 1.807) is 25.3 Å². The summed E-state index contributed by atoms with van der Waals surface area (Å²) in [5, 5.41) is 6.89. The van der Waals surface area contributed by atoms with Gasteiger partial charge in [0.25, 0.3) is 5.91 Å². The molecule has 0 atom stereocenters. The summed E-state index contributed by atoms with van der Waals surface area (Å²) in [6.45, 7) is 8.60. The molecule has 0 saturated carbocycles. The summed E-state index contributed by atoms with van der Waals surface area (Å²) in [4.78, 5) is 12.6. The first-order valence-electron chi connectivity index (χ1n) is 9.46. The molecule has 0 aliphatic rings. The number of aromatic nitrogens is 1. The number of carbonyl (C=O) groups is 1. The Hall–Kier alpha value is -3.28. The highest BCUT2D eigenvalue weighted by molar-refractivity contribution is 5.94. The summed E-state index contributed by atoms with van der Waals surface area (Å²) in [5.41, 5.74) is 5.67. The average Bonchev–Trinajstić information content (AvgIpc) is 3.03. The van der Waals surface area contributed by atoms with Gasteiger partial charge in [-0.2, -0.15) is 0 Å². The normalized spacial score (nSPS) is 10.7. The van der Waals surface area contributed by atoms with Crippen molar-refractivity contribution < 1.29 is 18.8 Å². The van der Waals surface area contributed by atoms with Crippen LogP contribution in [0.1, 0.15) is 44.1 Å². The molecule has 29 heavy (non-hydrogen) atoms. The summed E-state index contributed by atoms with van der Waals surface area (Å²) in [5.74, 6) is 1.61. The van der Waals surface area contributed by atoms with Gasteiger partial charge in [-0.3, -0.25) is 4.79 Å². The summed E-state index contributed by atoms with van der Waals surface area (Å²) >= 11 is 0. The first kappa shape index (κ1) is 20.5. The Morgan fingerprint density at radius 3 is 2.52 bits per heavy atom. The molecule has 2 aromatic carbocycles. The maximum Gasteiger partial charge on any atom is 0.251 e. The van der Waals surface area contributed by atoms with Crippen molar-refractivity contribution in [2.45, 2.75) is 40.8 Å². The van der Waals surface area contributed by atoms with Crippen LogP contribution in [0.2, 0.25) is 0 Å². The lowest BCUT2D eigenvalue weighted by molar-refractivity contribution is 0.0950. The predicted octanol–water partition coefficient (Wildman–Crippen LogP) is 4.43. The number of hydrogen-bond donors (Lipinski definition) is 1. The standard InChI is InChI=1S/C23H26N2O4/c1-14-6-7-19(15(2)10-14)12-24-23(26)18-8-9-21(22(11-18)27-5)28-13-20-16(3)25-29-17(20)4/h6-11H,12-13H2,1-5H3,(H,24,26). The average molecular weight is 394 g/mol. The van der Waals surface area contributed by atoms with Crippen LogP contribution in [0, 0.1) is 27.7 Å². The van der Waals surface area contributed by atoms with Gasteiger partial charge in [0.05, 0.1) is 18.4 Å². The Kier molecular flexibility index (Phi) is 6.22. The molecule has 1 heterocycles. The van der Waals surface area contributed by atoms with E-state index in [2.05, 4.69) is 23.5 Å². The Morgan fingerprint density at radius 2 is 1.86 bits per heavy atom. The van der Waals surface area contributed by atoms with Gasteiger partial charge < -0.3 is 19.3 Å². The smallest absolute Gasteiger partial charge is 0.251 e. The Balaban J connectivity index is 1.68. The summed E-state index contributed by atoms with van der Waals surface area (Å²) in [6.07, 6.45) is 0. The van der Waals surface area contributed by atoms with Crippen molar-refractivity contribution in [1.82, 2.24) is 10.5 Å². The number of ether oxygens (including phenoxy) is 2. The zero-order valence-electron chi connectivity index (χ0n) is 17.5. The molecule has 6 heteroatoms. The predicted molar refractivity (Wildman–Crippen MR) is 110 cm³/mol. The Labute approximate surface area is 170 Å². The fourth-order valence-corrected chi connectivity index (χ4v) is 3.11. The highest BCUT2D eigenvalue weighted by Gasteiger charge is 2.14. The van der Waals surface area contributed by atoms with Gasteiger partial charge in [-0.25, -0.2) is 0 Å². The molecule has 0 aliphatic heterocycles. The van der Waals surface area contributed by atoms with Crippen LogP contribution in [0.4, 0.5) is 0 Å². The fourth-order valence-electron chi connectivity index (χ4n) is 3.11. The van der Waals surface area contributed by atoms with E-state index in [-0.39, 0.29) is 5.91 Å². The van der Waals surface area contributed by atoms with Crippen LogP contribution in [0.25, 0.3) is 0 Å². The van der Waals surface area contributed by atoms with Crippen LogP contribution in [-0.2, 0) is 13.2 Å². The first-order valence-corrected chi connectivity index (χ1v) is 9.46. The minimum Gasteiger partial charge on any atom is -0.493 e. The first-order chi connectivity index (χ1) is 13.9. The van der Waals surface area contributed by atoms with Gasteiger partial charge in [-0.05, 0) is 57.0 Å². The molecule has 0 fully saturated rings. The van der Waals surface area contributed by atoms with Gasteiger partial charge in [0, 0.05) is 12.1 Å². The molecule has 152 valence electrons. The number of hydrogen-bond acceptors (Lipinski definition) is 5. The molecule has 3 aromatic rings. The second-order valence-corrected chi connectivity index (χ2v) is 7.07. The van der Waals surface area contributed by atoms with Gasteiger partial charge in [-0.1, -0.05) is 28.9 Å². The van der Waals surface area contributed by atoms with Crippen LogP contribution in [-0.4, -0.2) is 18.2 Å². The highest BCUT2D eigenvalue weighted by atomic mass is 16.5. The molecule has 1 amide bonds. The van der Waals surface area contributed by atoms with Crippen molar-refractivity contribution in [3.8, 4) is 11.5 Å². The quantitative estimate of drug-likeness (QED) is 0.642. The minimum absolute atomic E-state index is 0.166. The van der Waals surface area contributed by atoms with Crippen LogP contribution in [0.5, 0.6) is 11.5 Å². The Bertz CT molecular complexity index is 1000.